The summed E-state index contributed by atoms with van der Waals surface area (Å²) in [5.74, 6) is -0.684. The maximum Gasteiger partial charge on any atom is 0.410 e. The van der Waals surface area contributed by atoms with Gasteiger partial charge in [0.05, 0.1) is 35.3 Å². The summed E-state index contributed by atoms with van der Waals surface area (Å²) in [4.78, 5) is 39.8. The number of carbonyl (C=O) groups excluding carboxylic acids is 3. The van der Waals surface area contributed by atoms with Gasteiger partial charge in [-0.05, 0) is 89.4 Å². The molecule has 39 heavy (non-hydrogen) atoms. The van der Waals surface area contributed by atoms with Gasteiger partial charge >= 0.3 is 12.1 Å². The minimum absolute atomic E-state index is 0.0126. The van der Waals surface area contributed by atoms with Gasteiger partial charge in [0.2, 0.25) is 0 Å². The molecular weight excluding hydrogens is 496 g/mol. The molecule has 0 unspecified atom stereocenters. The van der Waals surface area contributed by atoms with Gasteiger partial charge in [-0.1, -0.05) is 12.1 Å². The van der Waals surface area contributed by atoms with Crippen LogP contribution in [-0.4, -0.2) is 57.9 Å². The second-order valence-corrected chi connectivity index (χ2v) is 10.7. The van der Waals surface area contributed by atoms with E-state index in [2.05, 4.69) is 10.4 Å². The molecule has 1 aliphatic heterocycles. The molecule has 0 saturated carbocycles. The van der Waals surface area contributed by atoms with Crippen molar-refractivity contribution in [3.63, 3.8) is 0 Å². The normalized spacial score (nSPS) is 14.1. The minimum atomic E-state index is -0.558. The highest BCUT2D eigenvalue weighted by atomic mass is 16.6. The van der Waals surface area contributed by atoms with Crippen molar-refractivity contribution >= 4 is 23.7 Å². The Morgan fingerprint density at radius 2 is 1.74 bits per heavy atom. The van der Waals surface area contributed by atoms with Gasteiger partial charge in [-0.15, -0.1) is 0 Å². The number of hydrogen-bond acceptors (Lipinski definition) is 6. The zero-order valence-corrected chi connectivity index (χ0v) is 23.2. The molecule has 0 spiro atoms. The Morgan fingerprint density at radius 1 is 1.05 bits per heavy atom. The van der Waals surface area contributed by atoms with E-state index in [0.29, 0.717) is 49.4 Å². The fourth-order valence-corrected chi connectivity index (χ4v) is 4.66. The molecule has 1 aliphatic rings. The lowest BCUT2D eigenvalue weighted by Gasteiger charge is -2.34. The zero-order valence-electron chi connectivity index (χ0n) is 23.2. The number of carbonyl (C=O) groups is 3. The van der Waals surface area contributed by atoms with Gasteiger partial charge in [0.25, 0.3) is 5.91 Å². The number of esters is 1. The van der Waals surface area contributed by atoms with Crippen LogP contribution < -0.4 is 5.32 Å². The van der Waals surface area contributed by atoms with Crippen molar-refractivity contribution in [2.24, 2.45) is 0 Å². The fourth-order valence-electron chi connectivity index (χ4n) is 4.66. The van der Waals surface area contributed by atoms with Crippen LogP contribution >= 0.6 is 0 Å². The summed E-state index contributed by atoms with van der Waals surface area (Å²) in [5.41, 5.74) is 3.66. The second kappa shape index (κ2) is 11.7. The number of nitrogens with one attached hydrogen (secondary N) is 1. The molecule has 4 rings (SSSR count). The van der Waals surface area contributed by atoms with Crippen molar-refractivity contribution in [3.05, 3.63) is 77.1 Å². The summed E-state index contributed by atoms with van der Waals surface area (Å²) in [7, 11) is 0. The van der Waals surface area contributed by atoms with E-state index in [1.54, 1.807) is 42.3 Å². The SMILES string of the molecule is CCOC(=O)c1ccc(NC(=O)c2cnn(-c3cccc(C)c3)c2C2CCN(C(=O)OC(C)(C)C)CC2)cc1. The van der Waals surface area contributed by atoms with Crippen LogP contribution in [0.15, 0.2) is 54.7 Å². The number of benzene rings is 2. The van der Waals surface area contributed by atoms with E-state index in [-0.39, 0.29) is 17.9 Å². The first-order valence-corrected chi connectivity index (χ1v) is 13.3. The first kappa shape index (κ1) is 27.9. The predicted molar refractivity (Wildman–Crippen MR) is 148 cm³/mol. The lowest BCUT2D eigenvalue weighted by atomic mass is 9.90. The van der Waals surface area contributed by atoms with Crippen molar-refractivity contribution < 1.29 is 23.9 Å². The average molecular weight is 533 g/mol. The summed E-state index contributed by atoms with van der Waals surface area (Å²) in [6.07, 6.45) is 2.62. The van der Waals surface area contributed by atoms with Crippen LogP contribution in [0.25, 0.3) is 5.69 Å². The molecule has 0 aliphatic carbocycles. The van der Waals surface area contributed by atoms with Crippen molar-refractivity contribution in [3.8, 4) is 5.69 Å². The maximum absolute atomic E-state index is 13.5. The van der Waals surface area contributed by atoms with Crippen LogP contribution in [0.2, 0.25) is 0 Å². The minimum Gasteiger partial charge on any atom is -0.462 e. The van der Waals surface area contributed by atoms with E-state index in [9.17, 15) is 14.4 Å². The van der Waals surface area contributed by atoms with Crippen molar-refractivity contribution in [1.82, 2.24) is 14.7 Å². The Bertz CT molecular complexity index is 1330. The topological polar surface area (TPSA) is 103 Å². The number of ether oxygens (including phenoxy) is 2. The van der Waals surface area contributed by atoms with E-state index in [1.165, 1.54) is 0 Å². The molecule has 2 amide bonds. The molecule has 9 heteroatoms. The number of amides is 2. The molecule has 1 aromatic heterocycles. The number of aromatic nitrogens is 2. The van der Waals surface area contributed by atoms with E-state index in [0.717, 1.165) is 16.9 Å². The lowest BCUT2D eigenvalue weighted by molar-refractivity contribution is 0.0203. The van der Waals surface area contributed by atoms with E-state index >= 15 is 0 Å². The van der Waals surface area contributed by atoms with E-state index in [1.807, 2.05) is 56.6 Å². The Hall–Kier alpha value is -4.14. The largest absolute Gasteiger partial charge is 0.462 e. The lowest BCUT2D eigenvalue weighted by Crippen LogP contribution is -2.41. The van der Waals surface area contributed by atoms with Crippen LogP contribution in [0, 0.1) is 6.92 Å². The quantitative estimate of drug-likeness (QED) is 0.407. The maximum atomic E-state index is 13.5. The van der Waals surface area contributed by atoms with Crippen LogP contribution in [0.1, 0.15) is 78.4 Å². The smallest absolute Gasteiger partial charge is 0.410 e. The highest BCUT2D eigenvalue weighted by Crippen LogP contribution is 2.33. The van der Waals surface area contributed by atoms with Gasteiger partial charge in [0.15, 0.2) is 0 Å². The molecule has 9 nitrogen and oxygen atoms in total. The van der Waals surface area contributed by atoms with Crippen molar-refractivity contribution in [2.75, 3.05) is 25.0 Å². The first-order chi connectivity index (χ1) is 18.6. The molecule has 2 heterocycles. The summed E-state index contributed by atoms with van der Waals surface area (Å²) in [6.45, 7) is 10.7. The number of likely N-dealkylation sites (tertiary alicyclic amines) is 1. The standard InChI is InChI=1S/C30H36N4O5/c1-6-38-28(36)22-10-12-23(13-11-22)32-27(35)25-19-31-34(24-9-7-8-20(2)18-24)26(25)21-14-16-33(17-15-21)29(37)39-30(3,4)5/h7-13,18-19,21H,6,14-17H2,1-5H3,(H,32,35). The molecule has 1 fully saturated rings. The van der Waals surface area contributed by atoms with E-state index < -0.39 is 11.6 Å². The molecular formula is C30H36N4O5. The fraction of sp³-hybridized carbons (Fsp3) is 0.400. The number of nitrogens with zero attached hydrogens (tertiary/aromatic N) is 3. The Kier molecular flexibility index (Phi) is 8.38. The third kappa shape index (κ3) is 6.85. The summed E-state index contributed by atoms with van der Waals surface area (Å²) >= 11 is 0. The zero-order chi connectivity index (χ0) is 28.2. The molecule has 0 atom stereocenters. The average Bonchev–Trinajstić information content (AvgIpc) is 3.34. The van der Waals surface area contributed by atoms with Gasteiger partial charge in [0, 0.05) is 24.7 Å². The third-order valence-electron chi connectivity index (χ3n) is 6.48. The van der Waals surface area contributed by atoms with Crippen molar-refractivity contribution in [2.45, 2.75) is 59.0 Å². The highest BCUT2D eigenvalue weighted by Gasteiger charge is 2.32. The van der Waals surface area contributed by atoms with Crippen LogP contribution in [-0.2, 0) is 9.47 Å². The van der Waals surface area contributed by atoms with Gasteiger partial charge in [-0.3, -0.25) is 4.79 Å². The Morgan fingerprint density at radius 3 is 2.36 bits per heavy atom. The number of rotatable bonds is 6. The van der Waals surface area contributed by atoms with Gasteiger partial charge in [-0.2, -0.15) is 5.10 Å². The first-order valence-electron chi connectivity index (χ1n) is 13.3. The molecule has 3 aromatic rings. The molecule has 1 saturated heterocycles. The van der Waals surface area contributed by atoms with Crippen LogP contribution in [0.5, 0.6) is 0 Å². The van der Waals surface area contributed by atoms with Crippen LogP contribution in [0.3, 0.4) is 0 Å². The Balaban J connectivity index is 1.58. The number of aryl methyl sites for hydroxylation is 1. The molecule has 0 bridgehead atoms. The molecule has 0 radical (unpaired) electrons. The Labute approximate surface area is 229 Å². The highest BCUT2D eigenvalue weighted by molar-refractivity contribution is 6.05. The predicted octanol–water partition coefficient (Wildman–Crippen LogP) is 5.72. The van der Waals surface area contributed by atoms with Gasteiger partial charge < -0.3 is 19.7 Å². The second-order valence-electron chi connectivity index (χ2n) is 10.7. The van der Waals surface area contributed by atoms with E-state index in [4.69, 9.17) is 9.47 Å². The summed E-state index contributed by atoms with van der Waals surface area (Å²) in [6, 6.07) is 14.6. The number of anilines is 1. The van der Waals surface area contributed by atoms with Crippen LogP contribution in [0.4, 0.5) is 10.5 Å². The number of hydrogen-bond donors (Lipinski definition) is 1. The number of piperidine rings is 1. The summed E-state index contributed by atoms with van der Waals surface area (Å²) < 4.78 is 12.4. The molecule has 2 aromatic carbocycles. The monoisotopic (exact) mass is 532 g/mol. The molecule has 206 valence electrons. The van der Waals surface area contributed by atoms with Gasteiger partial charge in [0.1, 0.15) is 5.60 Å². The van der Waals surface area contributed by atoms with Crippen molar-refractivity contribution in [1.29, 1.82) is 0 Å². The summed E-state index contributed by atoms with van der Waals surface area (Å²) in [5, 5.41) is 7.55. The molecule has 1 N–H and O–H groups in total. The van der Waals surface area contributed by atoms with Gasteiger partial charge in [-0.25, -0.2) is 14.3 Å². The third-order valence-corrected chi connectivity index (χ3v) is 6.48.